The van der Waals surface area contributed by atoms with E-state index in [-0.39, 0.29) is 0 Å². The van der Waals surface area contributed by atoms with Gasteiger partial charge in [-0.3, -0.25) is 9.80 Å². The molecule has 18 heavy (non-hydrogen) atoms. The summed E-state index contributed by atoms with van der Waals surface area (Å²) in [5.74, 6) is 0. The Bertz CT molecular complexity index is 247. The van der Waals surface area contributed by atoms with Crippen molar-refractivity contribution < 1.29 is 4.74 Å². The highest BCUT2D eigenvalue weighted by atomic mass is 16.5. The lowest BCUT2D eigenvalue weighted by molar-refractivity contribution is 0.0175. The van der Waals surface area contributed by atoms with Gasteiger partial charge in [0.25, 0.3) is 0 Å². The molecule has 0 spiro atoms. The maximum atomic E-state index is 5.45. The molecule has 3 rings (SSSR count). The van der Waals surface area contributed by atoms with Gasteiger partial charge in [-0.25, -0.2) is 0 Å². The molecular formula is C14H27N3O. The van der Waals surface area contributed by atoms with Crippen molar-refractivity contribution in [1.29, 1.82) is 0 Å². The van der Waals surface area contributed by atoms with Gasteiger partial charge in [0.2, 0.25) is 0 Å². The molecule has 0 aromatic rings. The van der Waals surface area contributed by atoms with Crippen LogP contribution in [0.4, 0.5) is 0 Å². The summed E-state index contributed by atoms with van der Waals surface area (Å²) in [6.07, 6.45) is 5.51. The fourth-order valence-corrected chi connectivity index (χ4v) is 3.65. The maximum Gasteiger partial charge on any atom is 0.0594 e. The first-order valence-corrected chi connectivity index (χ1v) is 7.70. The average Bonchev–Trinajstić information content (AvgIpc) is 2.76. The Labute approximate surface area is 111 Å². The van der Waals surface area contributed by atoms with Gasteiger partial charge < -0.3 is 10.1 Å². The van der Waals surface area contributed by atoms with Crippen molar-refractivity contribution in [2.24, 2.45) is 0 Å². The highest BCUT2D eigenvalue weighted by Gasteiger charge is 2.32. The molecule has 3 saturated heterocycles. The number of nitrogens with zero attached hydrogens (tertiary/aromatic N) is 2. The van der Waals surface area contributed by atoms with Gasteiger partial charge in [-0.05, 0) is 25.8 Å². The van der Waals surface area contributed by atoms with Gasteiger partial charge in [-0.15, -0.1) is 0 Å². The lowest BCUT2D eigenvalue weighted by Gasteiger charge is -2.33. The normalized spacial score (nSPS) is 36.7. The minimum atomic E-state index is 0.789. The predicted octanol–water partition coefficient (Wildman–Crippen LogP) is 0.535. The van der Waals surface area contributed by atoms with Crippen LogP contribution < -0.4 is 5.32 Å². The largest absolute Gasteiger partial charge is 0.379 e. The molecule has 1 N–H and O–H groups in total. The number of likely N-dealkylation sites (tertiary alicyclic amines) is 1. The van der Waals surface area contributed by atoms with Gasteiger partial charge in [-0.1, -0.05) is 6.42 Å². The minimum absolute atomic E-state index is 0.789. The quantitative estimate of drug-likeness (QED) is 0.777. The van der Waals surface area contributed by atoms with Crippen LogP contribution in [0.25, 0.3) is 0 Å². The second-order valence-electron chi connectivity index (χ2n) is 5.94. The molecule has 3 fully saturated rings. The highest BCUT2D eigenvalue weighted by Crippen LogP contribution is 2.21. The maximum absolute atomic E-state index is 5.45. The molecule has 0 saturated carbocycles. The number of rotatable bonds is 2. The van der Waals surface area contributed by atoms with Crippen molar-refractivity contribution in [3.05, 3.63) is 0 Å². The monoisotopic (exact) mass is 253 g/mol. The fraction of sp³-hybridized carbons (Fsp3) is 1.00. The third-order valence-corrected chi connectivity index (χ3v) is 4.79. The summed E-state index contributed by atoms with van der Waals surface area (Å²) in [7, 11) is 0. The van der Waals surface area contributed by atoms with Crippen molar-refractivity contribution >= 4 is 0 Å². The third-order valence-electron chi connectivity index (χ3n) is 4.79. The van der Waals surface area contributed by atoms with Gasteiger partial charge >= 0.3 is 0 Å². The van der Waals surface area contributed by atoms with E-state index >= 15 is 0 Å². The van der Waals surface area contributed by atoms with E-state index in [0.29, 0.717) is 0 Å². The van der Waals surface area contributed by atoms with E-state index in [2.05, 4.69) is 15.1 Å². The molecular weight excluding hydrogens is 226 g/mol. The molecule has 3 aliphatic heterocycles. The second kappa shape index (κ2) is 6.33. The Hall–Kier alpha value is -0.160. The summed E-state index contributed by atoms with van der Waals surface area (Å²) in [6, 6.07) is 1.58. The van der Waals surface area contributed by atoms with Crippen LogP contribution in [0.15, 0.2) is 0 Å². The van der Waals surface area contributed by atoms with E-state index in [0.717, 1.165) is 38.4 Å². The number of nitrogens with one attached hydrogen (secondary N) is 1. The van der Waals surface area contributed by atoms with Crippen LogP contribution in [-0.2, 0) is 4.74 Å². The third kappa shape index (κ3) is 3.05. The molecule has 0 amide bonds. The second-order valence-corrected chi connectivity index (χ2v) is 5.94. The van der Waals surface area contributed by atoms with Crippen molar-refractivity contribution in [3.8, 4) is 0 Å². The van der Waals surface area contributed by atoms with E-state index in [1.54, 1.807) is 0 Å². The SMILES string of the molecule is C1CCC(N2CCC(N3CCOCC3)C2)CNC1. The molecule has 2 atom stereocenters. The van der Waals surface area contributed by atoms with Crippen molar-refractivity contribution in [2.75, 3.05) is 52.5 Å². The van der Waals surface area contributed by atoms with E-state index in [4.69, 9.17) is 4.74 Å². The zero-order valence-electron chi connectivity index (χ0n) is 11.4. The molecule has 4 nitrogen and oxygen atoms in total. The zero-order chi connectivity index (χ0) is 12.2. The first-order chi connectivity index (χ1) is 8.93. The first kappa shape index (κ1) is 12.9. The Morgan fingerprint density at radius 1 is 0.889 bits per heavy atom. The molecule has 3 heterocycles. The van der Waals surface area contributed by atoms with Crippen LogP contribution in [0.1, 0.15) is 25.7 Å². The van der Waals surface area contributed by atoms with Gasteiger partial charge in [-0.2, -0.15) is 0 Å². The minimum Gasteiger partial charge on any atom is -0.379 e. The van der Waals surface area contributed by atoms with Gasteiger partial charge in [0.05, 0.1) is 13.2 Å². The van der Waals surface area contributed by atoms with Crippen molar-refractivity contribution in [2.45, 2.75) is 37.8 Å². The first-order valence-electron chi connectivity index (χ1n) is 7.70. The van der Waals surface area contributed by atoms with Crippen LogP contribution in [0, 0.1) is 0 Å². The molecule has 0 aromatic heterocycles. The van der Waals surface area contributed by atoms with Crippen molar-refractivity contribution in [1.82, 2.24) is 15.1 Å². The van der Waals surface area contributed by atoms with Crippen LogP contribution >= 0.6 is 0 Å². The van der Waals surface area contributed by atoms with Crippen LogP contribution in [0.3, 0.4) is 0 Å². The number of hydrogen-bond donors (Lipinski definition) is 1. The number of hydrogen-bond acceptors (Lipinski definition) is 4. The van der Waals surface area contributed by atoms with Gasteiger partial charge in [0.15, 0.2) is 0 Å². The molecule has 4 heteroatoms. The molecule has 3 aliphatic rings. The lowest BCUT2D eigenvalue weighted by Crippen LogP contribution is -2.46. The Balaban J connectivity index is 1.50. The molecule has 104 valence electrons. The Morgan fingerprint density at radius 3 is 2.67 bits per heavy atom. The standard InChI is InChI=1S/C14H27N3O/c1-2-5-15-11-13(3-1)17-6-4-14(12-17)16-7-9-18-10-8-16/h13-15H,1-12H2. The highest BCUT2D eigenvalue weighted by molar-refractivity contribution is 4.89. The Morgan fingerprint density at radius 2 is 1.78 bits per heavy atom. The van der Waals surface area contributed by atoms with E-state index < -0.39 is 0 Å². The summed E-state index contributed by atoms with van der Waals surface area (Å²) in [5, 5.41) is 3.59. The number of morpholine rings is 1. The summed E-state index contributed by atoms with van der Waals surface area (Å²) < 4.78 is 5.45. The Kier molecular flexibility index (Phi) is 4.52. The topological polar surface area (TPSA) is 27.7 Å². The van der Waals surface area contributed by atoms with Gasteiger partial charge in [0, 0.05) is 44.8 Å². The smallest absolute Gasteiger partial charge is 0.0594 e. The van der Waals surface area contributed by atoms with E-state index in [1.807, 2.05) is 0 Å². The van der Waals surface area contributed by atoms with Crippen molar-refractivity contribution in [3.63, 3.8) is 0 Å². The molecule has 0 aliphatic carbocycles. The summed E-state index contributed by atoms with van der Waals surface area (Å²) in [5.41, 5.74) is 0. The molecule has 0 radical (unpaired) electrons. The zero-order valence-corrected chi connectivity index (χ0v) is 11.4. The summed E-state index contributed by atoms with van der Waals surface area (Å²) in [4.78, 5) is 5.38. The molecule has 2 unspecified atom stereocenters. The van der Waals surface area contributed by atoms with Crippen LogP contribution in [0.5, 0.6) is 0 Å². The summed E-state index contributed by atoms with van der Waals surface area (Å²) in [6.45, 7) is 9.15. The number of ether oxygens (including phenoxy) is 1. The fourth-order valence-electron chi connectivity index (χ4n) is 3.65. The predicted molar refractivity (Wildman–Crippen MR) is 72.9 cm³/mol. The van der Waals surface area contributed by atoms with Crippen LogP contribution in [-0.4, -0.2) is 74.4 Å². The molecule has 0 aromatic carbocycles. The van der Waals surface area contributed by atoms with Crippen LogP contribution in [0.2, 0.25) is 0 Å². The molecule has 0 bridgehead atoms. The van der Waals surface area contributed by atoms with Gasteiger partial charge in [0.1, 0.15) is 0 Å². The summed E-state index contributed by atoms with van der Waals surface area (Å²) >= 11 is 0. The average molecular weight is 253 g/mol. The van der Waals surface area contributed by atoms with E-state index in [9.17, 15) is 0 Å². The van der Waals surface area contributed by atoms with E-state index in [1.165, 1.54) is 51.9 Å². The lowest BCUT2D eigenvalue weighted by atomic mass is 10.1.